The quantitative estimate of drug-likeness (QED) is 0.771. The molecule has 4 nitrogen and oxygen atoms in total. The van der Waals surface area contributed by atoms with E-state index in [0.717, 1.165) is 50.5 Å². The molecular weight excluding hydrogens is 343 g/mol. The highest BCUT2D eigenvalue weighted by Crippen LogP contribution is 2.24. The van der Waals surface area contributed by atoms with Crippen molar-refractivity contribution in [3.05, 3.63) is 65.5 Å². The predicted octanol–water partition coefficient (Wildman–Crippen LogP) is 3.29. The topological polar surface area (TPSA) is 35.9 Å². The van der Waals surface area contributed by atoms with Gasteiger partial charge in [-0.25, -0.2) is 4.39 Å². The fourth-order valence-corrected chi connectivity index (χ4v) is 3.73. The predicted molar refractivity (Wildman–Crippen MR) is 105 cm³/mol. The molecule has 1 atom stereocenters. The maximum atomic E-state index is 13.1. The van der Waals surface area contributed by atoms with E-state index in [-0.39, 0.29) is 12.4 Å². The Morgan fingerprint density at radius 2 is 1.85 bits per heavy atom. The molecule has 1 unspecified atom stereocenters. The third-order valence-corrected chi connectivity index (χ3v) is 5.12. The molecule has 1 saturated heterocycles. The third kappa shape index (κ3) is 5.51. The molecule has 1 N–H and O–H groups in total. The monoisotopic (exact) mass is 372 g/mol. The highest BCUT2D eigenvalue weighted by molar-refractivity contribution is 5.33. The van der Waals surface area contributed by atoms with Crippen molar-refractivity contribution in [1.82, 2.24) is 9.80 Å². The molecule has 0 radical (unpaired) electrons. The second-order valence-corrected chi connectivity index (χ2v) is 7.04. The average molecular weight is 372 g/mol. The van der Waals surface area contributed by atoms with Gasteiger partial charge < -0.3 is 9.84 Å². The maximum Gasteiger partial charge on any atom is 0.123 e. The van der Waals surface area contributed by atoms with E-state index in [0.29, 0.717) is 12.6 Å². The zero-order chi connectivity index (χ0) is 19.1. The first-order valence-electron chi connectivity index (χ1n) is 9.72. The highest BCUT2D eigenvalue weighted by Gasteiger charge is 2.27. The second-order valence-electron chi connectivity index (χ2n) is 7.04. The number of piperazine rings is 1. The van der Waals surface area contributed by atoms with E-state index in [4.69, 9.17) is 4.74 Å². The summed E-state index contributed by atoms with van der Waals surface area (Å²) in [7, 11) is 0. The Bertz CT molecular complexity index is 708. The van der Waals surface area contributed by atoms with Crippen LogP contribution < -0.4 is 4.74 Å². The van der Waals surface area contributed by atoms with E-state index in [2.05, 4.69) is 15.9 Å². The minimum atomic E-state index is -0.199. The highest BCUT2D eigenvalue weighted by atomic mass is 19.1. The molecule has 0 aliphatic carbocycles. The number of para-hydroxylation sites is 1. The third-order valence-electron chi connectivity index (χ3n) is 5.12. The molecule has 2 aromatic rings. The van der Waals surface area contributed by atoms with Crippen molar-refractivity contribution in [3.63, 3.8) is 0 Å². The molecular formula is C22H29FN2O2. The van der Waals surface area contributed by atoms with Crippen molar-refractivity contribution < 1.29 is 14.2 Å². The largest absolute Gasteiger partial charge is 0.494 e. The van der Waals surface area contributed by atoms with Gasteiger partial charge in [-0.3, -0.25) is 9.80 Å². The van der Waals surface area contributed by atoms with E-state index >= 15 is 0 Å². The van der Waals surface area contributed by atoms with E-state index in [1.54, 1.807) is 0 Å². The lowest BCUT2D eigenvalue weighted by atomic mass is 10.1. The summed E-state index contributed by atoms with van der Waals surface area (Å²) in [5, 5.41) is 9.54. The molecule has 1 fully saturated rings. The van der Waals surface area contributed by atoms with Crippen LogP contribution in [0.2, 0.25) is 0 Å². The molecule has 0 aromatic heterocycles. The molecule has 5 heteroatoms. The SMILES string of the molecule is CCOc1ccccc1CN1CCN(Cc2ccc(F)cc2)CC1CCO. The number of benzene rings is 2. The first kappa shape index (κ1) is 19.8. The fourth-order valence-electron chi connectivity index (χ4n) is 3.73. The van der Waals surface area contributed by atoms with Crippen molar-refractivity contribution >= 4 is 0 Å². The van der Waals surface area contributed by atoms with E-state index in [1.165, 1.54) is 17.7 Å². The summed E-state index contributed by atoms with van der Waals surface area (Å²) in [5.41, 5.74) is 2.31. The number of hydrogen-bond donors (Lipinski definition) is 1. The summed E-state index contributed by atoms with van der Waals surface area (Å²) in [6, 6.07) is 15.2. The van der Waals surface area contributed by atoms with Gasteiger partial charge in [0.1, 0.15) is 11.6 Å². The molecule has 0 amide bonds. The Morgan fingerprint density at radius 3 is 2.59 bits per heavy atom. The van der Waals surface area contributed by atoms with E-state index in [9.17, 15) is 9.50 Å². The van der Waals surface area contributed by atoms with Gasteiger partial charge >= 0.3 is 0 Å². The van der Waals surface area contributed by atoms with Crippen LogP contribution in [0.3, 0.4) is 0 Å². The lowest BCUT2D eigenvalue weighted by molar-refractivity contribution is 0.0494. The van der Waals surface area contributed by atoms with Crippen LogP contribution in [0.5, 0.6) is 5.75 Å². The summed E-state index contributed by atoms with van der Waals surface area (Å²) in [6.45, 7) is 7.26. The number of ether oxygens (including phenoxy) is 1. The lowest BCUT2D eigenvalue weighted by Crippen LogP contribution is -2.52. The summed E-state index contributed by atoms with van der Waals surface area (Å²) in [4.78, 5) is 4.83. The Labute approximate surface area is 161 Å². The summed E-state index contributed by atoms with van der Waals surface area (Å²) in [6.07, 6.45) is 0.747. The molecule has 146 valence electrons. The normalized spacial score (nSPS) is 18.6. The second kappa shape index (κ2) is 9.83. The van der Waals surface area contributed by atoms with Crippen LogP contribution in [0.4, 0.5) is 4.39 Å². The van der Waals surface area contributed by atoms with Gasteiger partial charge in [-0.1, -0.05) is 30.3 Å². The Balaban J connectivity index is 1.65. The van der Waals surface area contributed by atoms with Gasteiger partial charge in [0.25, 0.3) is 0 Å². The Kier molecular flexibility index (Phi) is 7.21. The van der Waals surface area contributed by atoms with Crippen LogP contribution in [0.1, 0.15) is 24.5 Å². The van der Waals surface area contributed by atoms with Crippen molar-refractivity contribution in [2.24, 2.45) is 0 Å². The van der Waals surface area contributed by atoms with Crippen LogP contribution in [-0.4, -0.2) is 53.8 Å². The lowest BCUT2D eigenvalue weighted by Gasteiger charge is -2.41. The van der Waals surface area contributed by atoms with Crippen LogP contribution >= 0.6 is 0 Å². The van der Waals surface area contributed by atoms with Crippen LogP contribution in [0.25, 0.3) is 0 Å². The fraction of sp³-hybridized carbons (Fsp3) is 0.455. The minimum Gasteiger partial charge on any atom is -0.494 e. The van der Waals surface area contributed by atoms with Gasteiger partial charge in [0.2, 0.25) is 0 Å². The minimum absolute atomic E-state index is 0.179. The first-order valence-corrected chi connectivity index (χ1v) is 9.72. The summed E-state index contributed by atoms with van der Waals surface area (Å²) < 4.78 is 18.9. The van der Waals surface area contributed by atoms with Crippen molar-refractivity contribution in [2.45, 2.75) is 32.5 Å². The summed E-state index contributed by atoms with van der Waals surface area (Å²) >= 11 is 0. The average Bonchev–Trinajstić information content (AvgIpc) is 2.67. The molecule has 27 heavy (non-hydrogen) atoms. The van der Waals surface area contributed by atoms with Crippen LogP contribution in [-0.2, 0) is 13.1 Å². The number of hydrogen-bond acceptors (Lipinski definition) is 4. The first-order chi connectivity index (χ1) is 13.2. The molecule has 1 aliphatic heterocycles. The van der Waals surface area contributed by atoms with E-state index in [1.807, 2.05) is 37.3 Å². The van der Waals surface area contributed by atoms with Crippen molar-refractivity contribution in [1.29, 1.82) is 0 Å². The van der Waals surface area contributed by atoms with Gasteiger partial charge in [0.05, 0.1) is 6.61 Å². The molecule has 0 saturated carbocycles. The van der Waals surface area contributed by atoms with Gasteiger partial charge in [-0.05, 0) is 37.1 Å². The zero-order valence-electron chi connectivity index (χ0n) is 16.0. The zero-order valence-corrected chi connectivity index (χ0v) is 16.0. The van der Waals surface area contributed by atoms with Crippen molar-refractivity contribution in [3.8, 4) is 5.75 Å². The summed E-state index contributed by atoms with van der Waals surface area (Å²) in [5.74, 6) is 0.742. The molecule has 0 bridgehead atoms. The Hall–Kier alpha value is -1.95. The van der Waals surface area contributed by atoms with Gasteiger partial charge in [-0.2, -0.15) is 0 Å². The van der Waals surface area contributed by atoms with Crippen molar-refractivity contribution in [2.75, 3.05) is 32.8 Å². The van der Waals surface area contributed by atoms with Crippen LogP contribution in [0, 0.1) is 5.82 Å². The number of rotatable bonds is 8. The number of aliphatic hydroxyl groups is 1. The molecule has 0 spiro atoms. The van der Waals surface area contributed by atoms with Crippen LogP contribution in [0.15, 0.2) is 48.5 Å². The van der Waals surface area contributed by atoms with Gasteiger partial charge in [-0.15, -0.1) is 0 Å². The smallest absolute Gasteiger partial charge is 0.123 e. The number of aliphatic hydroxyl groups excluding tert-OH is 1. The molecule has 2 aromatic carbocycles. The molecule has 3 rings (SSSR count). The van der Waals surface area contributed by atoms with E-state index < -0.39 is 0 Å². The number of halogens is 1. The van der Waals surface area contributed by atoms with Gasteiger partial charge in [0.15, 0.2) is 0 Å². The maximum absolute atomic E-state index is 13.1. The van der Waals surface area contributed by atoms with Gasteiger partial charge in [0, 0.05) is 50.9 Å². The molecule has 1 heterocycles. The standard InChI is InChI=1S/C22H29FN2O2/c1-2-27-22-6-4-3-5-19(22)16-25-13-12-24(17-21(25)11-14-26)15-18-7-9-20(23)10-8-18/h3-10,21,26H,2,11-17H2,1H3. The number of nitrogens with zero attached hydrogens (tertiary/aromatic N) is 2. The Morgan fingerprint density at radius 1 is 1.07 bits per heavy atom. The molecule has 1 aliphatic rings.